The predicted molar refractivity (Wildman–Crippen MR) is 105 cm³/mol. The van der Waals surface area contributed by atoms with Gasteiger partial charge in [-0.05, 0) is 31.9 Å². The van der Waals surface area contributed by atoms with Crippen LogP contribution in [0, 0.1) is 18.8 Å². The lowest BCUT2D eigenvalue weighted by molar-refractivity contribution is -0.122. The zero-order valence-electron chi connectivity index (χ0n) is 15.9. The molecule has 144 valence electrons. The Labute approximate surface area is 164 Å². The van der Waals surface area contributed by atoms with Gasteiger partial charge >= 0.3 is 0 Å². The molecule has 1 saturated heterocycles. The monoisotopic (exact) mass is 377 g/mol. The van der Waals surface area contributed by atoms with Crippen LogP contribution in [0.3, 0.4) is 0 Å². The first-order valence-corrected chi connectivity index (χ1v) is 9.75. The first-order chi connectivity index (χ1) is 13.5. The Kier molecular flexibility index (Phi) is 4.99. The van der Waals surface area contributed by atoms with E-state index in [9.17, 15) is 14.4 Å². The van der Waals surface area contributed by atoms with Crippen molar-refractivity contribution >= 4 is 23.3 Å². The lowest BCUT2D eigenvalue weighted by Crippen LogP contribution is -2.30. The molecule has 5 heteroatoms. The number of aryl methyl sites for hydroxylation is 1. The average Bonchev–Trinajstić information content (AvgIpc) is 2.98. The Balaban J connectivity index is 1.47. The minimum atomic E-state index is -0.186. The number of anilines is 1. The molecule has 0 bridgehead atoms. The van der Waals surface area contributed by atoms with E-state index in [0.29, 0.717) is 17.0 Å². The molecule has 0 N–H and O–H groups in total. The second-order valence-electron chi connectivity index (χ2n) is 7.58. The highest BCUT2D eigenvalue weighted by Gasteiger charge is 2.48. The third-order valence-corrected chi connectivity index (χ3v) is 5.66. The Hall–Kier alpha value is -2.95. The van der Waals surface area contributed by atoms with Crippen molar-refractivity contribution in [3.8, 4) is 5.75 Å². The highest BCUT2D eigenvalue weighted by molar-refractivity contribution is 6.22. The Morgan fingerprint density at radius 2 is 1.64 bits per heavy atom. The molecule has 5 nitrogen and oxygen atoms in total. The van der Waals surface area contributed by atoms with Gasteiger partial charge in [-0.25, -0.2) is 4.90 Å². The summed E-state index contributed by atoms with van der Waals surface area (Å²) >= 11 is 0. The van der Waals surface area contributed by atoms with Gasteiger partial charge in [0.15, 0.2) is 12.4 Å². The maximum Gasteiger partial charge on any atom is 0.237 e. The van der Waals surface area contributed by atoms with E-state index in [1.807, 2.05) is 19.1 Å². The summed E-state index contributed by atoms with van der Waals surface area (Å²) in [6.07, 6.45) is 3.57. The summed E-state index contributed by atoms with van der Waals surface area (Å²) in [6.45, 7) is 1.87. The molecule has 2 atom stereocenters. The number of hydrogen-bond acceptors (Lipinski definition) is 4. The molecule has 0 unspecified atom stereocenters. The Morgan fingerprint density at radius 3 is 2.29 bits per heavy atom. The van der Waals surface area contributed by atoms with Crippen LogP contribution in [0.4, 0.5) is 5.69 Å². The number of rotatable bonds is 5. The largest absolute Gasteiger partial charge is 0.485 e. The van der Waals surface area contributed by atoms with Crippen LogP contribution in [0.15, 0.2) is 48.5 Å². The number of Topliss-reactive ketones (excluding diaryl/α,β-unsaturated/α-hetero) is 1. The summed E-state index contributed by atoms with van der Waals surface area (Å²) in [5.41, 5.74) is 2.20. The molecule has 0 aromatic heterocycles. The van der Waals surface area contributed by atoms with Crippen molar-refractivity contribution in [1.82, 2.24) is 0 Å². The van der Waals surface area contributed by atoms with Gasteiger partial charge in [0.05, 0.1) is 17.5 Å². The minimum absolute atomic E-state index is 0.0976. The van der Waals surface area contributed by atoms with Crippen molar-refractivity contribution in [2.45, 2.75) is 32.6 Å². The van der Waals surface area contributed by atoms with Gasteiger partial charge < -0.3 is 4.74 Å². The molecule has 1 aliphatic heterocycles. The number of imide groups is 1. The molecule has 28 heavy (non-hydrogen) atoms. The summed E-state index contributed by atoms with van der Waals surface area (Å²) in [7, 11) is 0. The van der Waals surface area contributed by atoms with Crippen molar-refractivity contribution in [1.29, 1.82) is 0 Å². The van der Waals surface area contributed by atoms with Crippen LogP contribution in [0.1, 0.15) is 41.6 Å². The van der Waals surface area contributed by atoms with Gasteiger partial charge in [-0.3, -0.25) is 14.4 Å². The number of ketones is 1. The van der Waals surface area contributed by atoms with Crippen LogP contribution in [0.2, 0.25) is 0 Å². The summed E-state index contributed by atoms with van der Waals surface area (Å²) in [6, 6.07) is 14.2. The van der Waals surface area contributed by atoms with E-state index in [1.54, 1.807) is 36.4 Å². The Morgan fingerprint density at radius 1 is 1.00 bits per heavy atom. The number of carbonyl (C=O) groups is 3. The van der Waals surface area contributed by atoms with E-state index in [0.717, 1.165) is 31.2 Å². The zero-order valence-corrected chi connectivity index (χ0v) is 15.9. The average molecular weight is 377 g/mol. The fraction of sp³-hybridized carbons (Fsp3) is 0.348. The van der Waals surface area contributed by atoms with Crippen molar-refractivity contribution in [2.75, 3.05) is 11.5 Å². The number of ether oxygens (including phenoxy) is 1. The SMILES string of the molecule is Cc1ccc(C(=O)COc2cccc(N3C(=O)[C@H]4CCCC[C@@H]4C3=O)c2)cc1. The van der Waals surface area contributed by atoms with Gasteiger partial charge in [-0.1, -0.05) is 48.7 Å². The molecule has 2 fully saturated rings. The second-order valence-corrected chi connectivity index (χ2v) is 7.58. The van der Waals surface area contributed by atoms with Crippen molar-refractivity contribution in [2.24, 2.45) is 11.8 Å². The van der Waals surface area contributed by atoms with Gasteiger partial charge in [0, 0.05) is 11.6 Å². The predicted octanol–water partition coefficient (Wildman–Crippen LogP) is 3.94. The topological polar surface area (TPSA) is 63.7 Å². The third kappa shape index (κ3) is 3.44. The number of hydrogen-bond donors (Lipinski definition) is 0. The standard InChI is InChI=1S/C23H23NO4/c1-15-9-11-16(12-10-15)21(25)14-28-18-6-4-5-17(13-18)24-22(26)19-7-2-3-8-20(19)23(24)27/h4-6,9-13,19-20H,2-3,7-8,14H2,1H3/t19-,20-/m0/s1. The number of benzene rings is 2. The summed E-state index contributed by atoms with van der Waals surface area (Å²) < 4.78 is 5.64. The zero-order chi connectivity index (χ0) is 19.7. The molecule has 1 heterocycles. The number of amides is 2. The summed E-state index contributed by atoms with van der Waals surface area (Å²) in [4.78, 5) is 39.1. The molecule has 1 saturated carbocycles. The first kappa shape index (κ1) is 18.4. The summed E-state index contributed by atoms with van der Waals surface area (Å²) in [5.74, 6) is -0.244. The number of nitrogens with zero attached hydrogens (tertiary/aromatic N) is 1. The molecular weight excluding hydrogens is 354 g/mol. The van der Waals surface area contributed by atoms with Crippen molar-refractivity contribution in [3.05, 3.63) is 59.7 Å². The smallest absolute Gasteiger partial charge is 0.237 e. The van der Waals surface area contributed by atoms with E-state index >= 15 is 0 Å². The van der Waals surface area contributed by atoms with Gasteiger partial charge in [0.25, 0.3) is 0 Å². The normalized spacial score (nSPS) is 21.5. The second kappa shape index (κ2) is 7.58. The molecule has 0 spiro atoms. The van der Waals surface area contributed by atoms with Crippen LogP contribution in [-0.4, -0.2) is 24.2 Å². The van der Waals surface area contributed by atoms with Gasteiger partial charge in [0.1, 0.15) is 5.75 Å². The van der Waals surface area contributed by atoms with Crippen LogP contribution >= 0.6 is 0 Å². The molecular formula is C23H23NO4. The maximum absolute atomic E-state index is 12.8. The van der Waals surface area contributed by atoms with Gasteiger partial charge in [-0.2, -0.15) is 0 Å². The van der Waals surface area contributed by atoms with Gasteiger partial charge in [-0.15, -0.1) is 0 Å². The van der Waals surface area contributed by atoms with E-state index in [-0.39, 0.29) is 36.0 Å². The van der Waals surface area contributed by atoms with Crippen LogP contribution in [0.5, 0.6) is 5.75 Å². The quantitative estimate of drug-likeness (QED) is 0.585. The van der Waals surface area contributed by atoms with E-state index in [4.69, 9.17) is 4.74 Å². The fourth-order valence-corrected chi connectivity index (χ4v) is 4.10. The molecule has 1 aliphatic carbocycles. The van der Waals surface area contributed by atoms with Crippen molar-refractivity contribution < 1.29 is 19.1 Å². The van der Waals surface area contributed by atoms with E-state index in [2.05, 4.69) is 0 Å². The molecule has 2 aromatic rings. The highest BCUT2D eigenvalue weighted by Crippen LogP contribution is 2.40. The fourth-order valence-electron chi connectivity index (χ4n) is 4.10. The van der Waals surface area contributed by atoms with Gasteiger partial charge in [0.2, 0.25) is 11.8 Å². The van der Waals surface area contributed by atoms with E-state index in [1.165, 1.54) is 4.90 Å². The molecule has 2 aromatic carbocycles. The molecule has 2 amide bonds. The summed E-state index contributed by atoms with van der Waals surface area (Å²) in [5, 5.41) is 0. The van der Waals surface area contributed by atoms with Crippen LogP contribution in [-0.2, 0) is 9.59 Å². The lowest BCUT2D eigenvalue weighted by atomic mass is 9.81. The van der Waals surface area contributed by atoms with Crippen LogP contribution in [0.25, 0.3) is 0 Å². The first-order valence-electron chi connectivity index (χ1n) is 9.75. The Bertz CT molecular complexity index is 894. The molecule has 4 rings (SSSR count). The minimum Gasteiger partial charge on any atom is -0.485 e. The number of carbonyl (C=O) groups excluding carboxylic acids is 3. The maximum atomic E-state index is 12.8. The number of fused-ring (bicyclic) bond motifs is 1. The molecule has 2 aliphatic rings. The third-order valence-electron chi connectivity index (χ3n) is 5.66. The van der Waals surface area contributed by atoms with E-state index < -0.39 is 0 Å². The molecule has 0 radical (unpaired) electrons. The van der Waals surface area contributed by atoms with Crippen molar-refractivity contribution in [3.63, 3.8) is 0 Å². The lowest BCUT2D eigenvalue weighted by Gasteiger charge is -2.19. The van der Waals surface area contributed by atoms with Crippen LogP contribution < -0.4 is 9.64 Å². The highest BCUT2D eigenvalue weighted by atomic mass is 16.5.